The van der Waals surface area contributed by atoms with Gasteiger partial charge in [0.1, 0.15) is 12.4 Å². The predicted molar refractivity (Wildman–Crippen MR) is 88.0 cm³/mol. The molecule has 1 aliphatic rings. The number of ether oxygens (including phenoxy) is 2. The molecule has 0 atom stereocenters. The second-order valence-electron chi connectivity index (χ2n) is 5.48. The molecular weight excluding hydrogens is 294 g/mol. The van der Waals surface area contributed by atoms with Crippen LogP contribution in [0.25, 0.3) is 6.08 Å². The van der Waals surface area contributed by atoms with Gasteiger partial charge in [0, 0.05) is 12.1 Å². The molecule has 0 saturated carbocycles. The molecule has 2 rings (SSSR count). The second kappa shape index (κ2) is 8.98. The Morgan fingerprint density at radius 3 is 2.87 bits per heavy atom. The van der Waals surface area contributed by atoms with Gasteiger partial charge in [0.15, 0.2) is 6.61 Å². The maximum atomic E-state index is 12.0. The van der Waals surface area contributed by atoms with E-state index in [9.17, 15) is 9.59 Å². The molecule has 23 heavy (non-hydrogen) atoms. The summed E-state index contributed by atoms with van der Waals surface area (Å²) in [5, 5.41) is 2.75. The largest absolute Gasteiger partial charge is 0.488 e. The van der Waals surface area contributed by atoms with Gasteiger partial charge in [-0.2, -0.15) is 0 Å². The van der Waals surface area contributed by atoms with Gasteiger partial charge in [-0.25, -0.2) is 4.79 Å². The molecule has 0 radical (unpaired) electrons. The maximum Gasteiger partial charge on any atom is 0.338 e. The van der Waals surface area contributed by atoms with E-state index in [0.29, 0.717) is 12.1 Å². The summed E-state index contributed by atoms with van der Waals surface area (Å²) in [6.07, 6.45) is 6.11. The predicted octanol–water partition coefficient (Wildman–Crippen LogP) is 2.70. The monoisotopic (exact) mass is 317 g/mol. The van der Waals surface area contributed by atoms with E-state index >= 15 is 0 Å². The summed E-state index contributed by atoms with van der Waals surface area (Å²) < 4.78 is 10.5. The number of amides is 1. The van der Waals surface area contributed by atoms with Gasteiger partial charge in [-0.1, -0.05) is 44.4 Å². The summed E-state index contributed by atoms with van der Waals surface area (Å²) in [5.41, 5.74) is 1.26. The van der Waals surface area contributed by atoms with Gasteiger partial charge in [-0.15, -0.1) is 0 Å². The van der Waals surface area contributed by atoms with E-state index in [1.165, 1.54) is 6.42 Å². The standard InChI is InChI=1S/C18H23NO4/c1-2-3-4-7-10-19-17(20)13-23-18(21)15-11-14-8-5-6-9-16(14)22-12-15/h5-6,8-9,11H,2-4,7,10,12-13H2,1H3,(H,19,20). The van der Waals surface area contributed by atoms with Crippen molar-refractivity contribution < 1.29 is 19.1 Å². The van der Waals surface area contributed by atoms with E-state index in [2.05, 4.69) is 12.2 Å². The molecule has 1 aliphatic heterocycles. The SMILES string of the molecule is CCCCCCNC(=O)COC(=O)C1=Cc2ccccc2OC1. The fourth-order valence-corrected chi connectivity index (χ4v) is 2.29. The third kappa shape index (κ3) is 5.43. The van der Waals surface area contributed by atoms with Gasteiger partial charge in [0.25, 0.3) is 5.91 Å². The minimum Gasteiger partial charge on any atom is -0.488 e. The van der Waals surface area contributed by atoms with Gasteiger partial charge < -0.3 is 14.8 Å². The van der Waals surface area contributed by atoms with Crippen molar-refractivity contribution >= 4 is 18.0 Å². The summed E-state index contributed by atoms with van der Waals surface area (Å²) in [6.45, 7) is 2.66. The van der Waals surface area contributed by atoms with Crippen LogP contribution in [0.15, 0.2) is 29.8 Å². The average molecular weight is 317 g/mol. The first-order valence-corrected chi connectivity index (χ1v) is 8.07. The zero-order valence-corrected chi connectivity index (χ0v) is 13.5. The number of esters is 1. The summed E-state index contributed by atoms with van der Waals surface area (Å²) >= 11 is 0. The van der Waals surface area contributed by atoms with Crippen molar-refractivity contribution in [1.29, 1.82) is 0 Å². The lowest BCUT2D eigenvalue weighted by Crippen LogP contribution is -2.30. The Balaban J connectivity index is 1.73. The van der Waals surface area contributed by atoms with Crippen molar-refractivity contribution in [2.45, 2.75) is 32.6 Å². The number of para-hydroxylation sites is 1. The van der Waals surface area contributed by atoms with Crippen molar-refractivity contribution in [2.24, 2.45) is 0 Å². The Kier molecular flexibility index (Phi) is 6.66. The molecular formula is C18H23NO4. The second-order valence-corrected chi connectivity index (χ2v) is 5.48. The molecule has 1 aromatic rings. The molecule has 1 N–H and O–H groups in total. The lowest BCUT2D eigenvalue weighted by molar-refractivity contribution is -0.145. The third-order valence-electron chi connectivity index (χ3n) is 3.58. The van der Waals surface area contributed by atoms with Gasteiger partial charge in [-0.3, -0.25) is 4.79 Å². The first-order chi connectivity index (χ1) is 11.2. The Morgan fingerprint density at radius 2 is 2.04 bits per heavy atom. The molecule has 1 aromatic carbocycles. The van der Waals surface area contributed by atoms with E-state index in [-0.39, 0.29) is 19.1 Å². The molecule has 1 amide bonds. The van der Waals surface area contributed by atoms with Crippen LogP contribution < -0.4 is 10.1 Å². The Hall–Kier alpha value is -2.30. The molecule has 124 valence electrons. The van der Waals surface area contributed by atoms with Crippen LogP contribution in [0.1, 0.15) is 38.2 Å². The quantitative estimate of drug-likeness (QED) is 0.591. The number of benzene rings is 1. The average Bonchev–Trinajstić information content (AvgIpc) is 2.59. The Labute approximate surface area is 136 Å². The van der Waals surface area contributed by atoms with E-state index in [0.717, 1.165) is 30.6 Å². The molecule has 0 unspecified atom stereocenters. The number of rotatable bonds is 8. The zero-order chi connectivity index (χ0) is 16.5. The number of hydrogen-bond donors (Lipinski definition) is 1. The maximum absolute atomic E-state index is 12.0. The fourth-order valence-electron chi connectivity index (χ4n) is 2.29. The topological polar surface area (TPSA) is 64.6 Å². The molecule has 5 heteroatoms. The highest BCUT2D eigenvalue weighted by atomic mass is 16.5. The molecule has 0 aliphatic carbocycles. The number of nitrogens with one attached hydrogen (secondary N) is 1. The molecule has 1 heterocycles. The Bertz CT molecular complexity index is 580. The van der Waals surface area contributed by atoms with Crippen LogP contribution in [0, 0.1) is 0 Å². The Morgan fingerprint density at radius 1 is 1.22 bits per heavy atom. The van der Waals surface area contributed by atoms with E-state index in [1.807, 2.05) is 24.3 Å². The first-order valence-electron chi connectivity index (χ1n) is 8.07. The summed E-state index contributed by atoms with van der Waals surface area (Å²) in [5.74, 6) is -0.0397. The van der Waals surface area contributed by atoms with Crippen LogP contribution in [0.2, 0.25) is 0 Å². The van der Waals surface area contributed by atoms with Gasteiger partial charge in [0.2, 0.25) is 0 Å². The minimum absolute atomic E-state index is 0.161. The van der Waals surface area contributed by atoms with Crippen molar-refractivity contribution in [3.05, 3.63) is 35.4 Å². The van der Waals surface area contributed by atoms with E-state index in [1.54, 1.807) is 6.08 Å². The summed E-state index contributed by atoms with van der Waals surface area (Å²) in [7, 11) is 0. The smallest absolute Gasteiger partial charge is 0.338 e. The number of hydrogen-bond acceptors (Lipinski definition) is 4. The van der Waals surface area contributed by atoms with Crippen molar-refractivity contribution in [1.82, 2.24) is 5.32 Å². The number of unbranched alkanes of at least 4 members (excludes halogenated alkanes) is 3. The van der Waals surface area contributed by atoms with Crippen molar-refractivity contribution in [3.63, 3.8) is 0 Å². The zero-order valence-electron chi connectivity index (χ0n) is 13.5. The highest BCUT2D eigenvalue weighted by Gasteiger charge is 2.18. The lowest BCUT2D eigenvalue weighted by atomic mass is 10.1. The number of carbonyl (C=O) groups is 2. The van der Waals surface area contributed by atoms with Crippen LogP contribution in [0.3, 0.4) is 0 Å². The summed E-state index contributed by atoms with van der Waals surface area (Å²) in [4.78, 5) is 23.6. The van der Waals surface area contributed by atoms with Crippen LogP contribution in [-0.2, 0) is 14.3 Å². The van der Waals surface area contributed by atoms with Crippen molar-refractivity contribution in [3.8, 4) is 5.75 Å². The van der Waals surface area contributed by atoms with Crippen LogP contribution >= 0.6 is 0 Å². The molecule has 0 saturated heterocycles. The van der Waals surface area contributed by atoms with Gasteiger partial charge >= 0.3 is 5.97 Å². The third-order valence-corrected chi connectivity index (χ3v) is 3.58. The number of fused-ring (bicyclic) bond motifs is 1. The highest BCUT2D eigenvalue weighted by molar-refractivity contribution is 5.96. The molecule has 5 nitrogen and oxygen atoms in total. The van der Waals surface area contributed by atoms with Crippen molar-refractivity contribution in [2.75, 3.05) is 19.8 Å². The van der Waals surface area contributed by atoms with Crippen LogP contribution in [-0.4, -0.2) is 31.6 Å². The van der Waals surface area contributed by atoms with E-state index in [4.69, 9.17) is 9.47 Å². The molecule has 0 fully saturated rings. The molecule has 0 bridgehead atoms. The van der Waals surface area contributed by atoms with Gasteiger partial charge in [-0.05, 0) is 18.6 Å². The lowest BCUT2D eigenvalue weighted by Gasteiger charge is -2.16. The van der Waals surface area contributed by atoms with Crippen LogP contribution in [0.5, 0.6) is 5.75 Å². The number of carbonyl (C=O) groups excluding carboxylic acids is 2. The molecule has 0 aromatic heterocycles. The summed E-state index contributed by atoms with van der Waals surface area (Å²) in [6, 6.07) is 7.46. The minimum atomic E-state index is -0.513. The first kappa shape index (κ1) is 17.1. The van der Waals surface area contributed by atoms with Gasteiger partial charge in [0.05, 0.1) is 5.57 Å². The highest BCUT2D eigenvalue weighted by Crippen LogP contribution is 2.25. The fraction of sp³-hybridized carbons (Fsp3) is 0.444. The molecule has 0 spiro atoms. The van der Waals surface area contributed by atoms with E-state index < -0.39 is 5.97 Å². The van der Waals surface area contributed by atoms with Crippen LogP contribution in [0.4, 0.5) is 0 Å². The normalized spacial score (nSPS) is 12.7.